The smallest absolute Gasteiger partial charge is 0.287 e. The first kappa shape index (κ1) is 16.2. The lowest BCUT2D eigenvalue weighted by atomic mass is 10.0. The predicted molar refractivity (Wildman–Crippen MR) is 62.8 cm³/mol. The number of hydrogen-bond donors (Lipinski definition) is 1. The van der Waals surface area contributed by atoms with E-state index in [4.69, 9.17) is 0 Å². The topological polar surface area (TPSA) is 66.5 Å². The van der Waals surface area contributed by atoms with E-state index in [0.29, 0.717) is 12.8 Å². The van der Waals surface area contributed by atoms with Crippen LogP contribution in [-0.4, -0.2) is 50.3 Å². The van der Waals surface area contributed by atoms with Gasteiger partial charge in [-0.15, -0.1) is 0 Å². The van der Waals surface area contributed by atoms with Crippen molar-refractivity contribution in [1.29, 1.82) is 0 Å². The standard InChI is InChI=1S/C10H17F3N2O3S/c1-7(15(2)6-10(11,12)13)9(16)14-19(17,18)8-4-3-5-8/h7-8H,3-6H2,1-2H3,(H,14,16)/t7-/m1/s1. The molecule has 1 atom stereocenters. The summed E-state index contributed by atoms with van der Waals surface area (Å²) in [4.78, 5) is 12.4. The quantitative estimate of drug-likeness (QED) is 0.818. The van der Waals surface area contributed by atoms with Crippen LogP contribution in [0.5, 0.6) is 0 Å². The Kier molecular flexibility index (Phi) is 4.83. The number of carbonyl (C=O) groups excluding carboxylic acids is 1. The molecule has 9 heteroatoms. The van der Waals surface area contributed by atoms with E-state index in [1.54, 1.807) is 0 Å². The number of sulfonamides is 1. The fourth-order valence-electron chi connectivity index (χ4n) is 1.61. The number of likely N-dealkylation sites (N-methyl/N-ethyl adjacent to an activating group) is 1. The van der Waals surface area contributed by atoms with Crippen LogP contribution in [0, 0.1) is 0 Å². The highest BCUT2D eigenvalue weighted by Crippen LogP contribution is 2.25. The molecule has 0 bridgehead atoms. The van der Waals surface area contributed by atoms with E-state index in [1.165, 1.54) is 6.92 Å². The third kappa shape index (κ3) is 4.64. The second-order valence-electron chi connectivity index (χ2n) is 4.77. The summed E-state index contributed by atoms with van der Waals surface area (Å²) in [5, 5.41) is -0.600. The van der Waals surface area contributed by atoms with E-state index in [2.05, 4.69) is 0 Å². The highest BCUT2D eigenvalue weighted by molar-refractivity contribution is 7.90. The van der Waals surface area contributed by atoms with Gasteiger partial charge in [-0.05, 0) is 26.8 Å². The second kappa shape index (κ2) is 5.66. The van der Waals surface area contributed by atoms with Crippen LogP contribution in [0.3, 0.4) is 0 Å². The summed E-state index contributed by atoms with van der Waals surface area (Å²) in [6, 6.07) is -1.17. The molecule has 1 aliphatic rings. The van der Waals surface area contributed by atoms with Crippen LogP contribution in [0.1, 0.15) is 26.2 Å². The maximum atomic E-state index is 12.2. The molecule has 0 unspecified atom stereocenters. The average Bonchev–Trinajstić information content (AvgIpc) is 2.08. The van der Waals surface area contributed by atoms with Gasteiger partial charge in [-0.2, -0.15) is 13.2 Å². The van der Waals surface area contributed by atoms with Gasteiger partial charge in [0.1, 0.15) is 0 Å². The minimum Gasteiger partial charge on any atom is -0.287 e. The SMILES string of the molecule is C[C@H](C(=O)NS(=O)(=O)C1CCC1)N(C)CC(F)(F)F. The van der Waals surface area contributed by atoms with Crippen LogP contribution in [0.25, 0.3) is 0 Å². The molecule has 1 fully saturated rings. The molecule has 0 aromatic carbocycles. The van der Waals surface area contributed by atoms with Gasteiger partial charge < -0.3 is 0 Å². The molecule has 0 aliphatic heterocycles. The molecule has 0 radical (unpaired) electrons. The lowest BCUT2D eigenvalue weighted by molar-refractivity contribution is -0.150. The number of nitrogens with one attached hydrogen (secondary N) is 1. The van der Waals surface area contributed by atoms with Crippen LogP contribution >= 0.6 is 0 Å². The van der Waals surface area contributed by atoms with Crippen molar-refractivity contribution in [1.82, 2.24) is 9.62 Å². The zero-order valence-corrected chi connectivity index (χ0v) is 11.5. The van der Waals surface area contributed by atoms with Gasteiger partial charge in [0.2, 0.25) is 15.9 Å². The molecular weight excluding hydrogens is 285 g/mol. The van der Waals surface area contributed by atoms with Crippen molar-refractivity contribution >= 4 is 15.9 Å². The molecule has 1 saturated carbocycles. The van der Waals surface area contributed by atoms with E-state index in [9.17, 15) is 26.4 Å². The maximum absolute atomic E-state index is 12.2. The molecule has 0 spiro atoms. The maximum Gasteiger partial charge on any atom is 0.401 e. The number of alkyl halides is 3. The van der Waals surface area contributed by atoms with Gasteiger partial charge in [0, 0.05) is 0 Å². The minimum atomic E-state index is -4.43. The zero-order chi connectivity index (χ0) is 14.8. The number of halogens is 3. The van der Waals surface area contributed by atoms with E-state index in [0.717, 1.165) is 18.4 Å². The Morgan fingerprint density at radius 3 is 2.32 bits per heavy atom. The monoisotopic (exact) mass is 302 g/mol. The van der Waals surface area contributed by atoms with Gasteiger partial charge in [-0.1, -0.05) is 6.42 Å². The summed E-state index contributed by atoms with van der Waals surface area (Å²) in [6.07, 6.45) is -2.69. The first-order chi connectivity index (χ1) is 8.53. The minimum absolute atomic E-state index is 0.482. The molecule has 19 heavy (non-hydrogen) atoms. The third-order valence-electron chi connectivity index (χ3n) is 3.20. The van der Waals surface area contributed by atoms with Crippen molar-refractivity contribution in [2.24, 2.45) is 0 Å². The van der Waals surface area contributed by atoms with Crippen molar-refractivity contribution in [2.75, 3.05) is 13.6 Å². The molecule has 0 heterocycles. The zero-order valence-electron chi connectivity index (χ0n) is 10.7. The Morgan fingerprint density at radius 2 is 1.95 bits per heavy atom. The van der Waals surface area contributed by atoms with Gasteiger partial charge in [0.05, 0.1) is 17.8 Å². The number of carbonyl (C=O) groups is 1. The fraction of sp³-hybridized carbons (Fsp3) is 0.900. The summed E-state index contributed by atoms with van der Waals surface area (Å²) < 4.78 is 61.7. The van der Waals surface area contributed by atoms with Gasteiger partial charge in [-0.3, -0.25) is 14.4 Å². The highest BCUT2D eigenvalue weighted by Gasteiger charge is 2.36. The lowest BCUT2D eigenvalue weighted by Crippen LogP contribution is -2.50. The molecule has 0 saturated heterocycles. The van der Waals surface area contributed by atoms with E-state index in [1.807, 2.05) is 4.72 Å². The molecule has 5 nitrogen and oxygen atoms in total. The largest absolute Gasteiger partial charge is 0.401 e. The molecular formula is C10H17F3N2O3S. The van der Waals surface area contributed by atoms with Crippen LogP contribution < -0.4 is 4.72 Å². The van der Waals surface area contributed by atoms with E-state index < -0.39 is 39.9 Å². The second-order valence-corrected chi connectivity index (χ2v) is 6.73. The Morgan fingerprint density at radius 1 is 1.42 bits per heavy atom. The molecule has 0 aromatic heterocycles. The van der Waals surface area contributed by atoms with Crippen LogP contribution in [0.15, 0.2) is 0 Å². The Bertz CT molecular complexity index is 432. The van der Waals surface area contributed by atoms with E-state index in [-0.39, 0.29) is 0 Å². The summed E-state index contributed by atoms with van der Waals surface area (Å²) in [5.41, 5.74) is 0. The Balaban J connectivity index is 2.57. The van der Waals surface area contributed by atoms with Crippen molar-refractivity contribution in [3.63, 3.8) is 0 Å². The van der Waals surface area contributed by atoms with Crippen LogP contribution in [0.2, 0.25) is 0 Å². The average molecular weight is 302 g/mol. The van der Waals surface area contributed by atoms with Gasteiger partial charge in [0.25, 0.3) is 0 Å². The van der Waals surface area contributed by atoms with Gasteiger partial charge >= 0.3 is 6.18 Å². The Hall–Kier alpha value is -0.830. The van der Waals surface area contributed by atoms with Crippen molar-refractivity contribution in [3.05, 3.63) is 0 Å². The first-order valence-corrected chi connectivity index (χ1v) is 7.40. The lowest BCUT2D eigenvalue weighted by Gasteiger charge is -2.28. The summed E-state index contributed by atoms with van der Waals surface area (Å²) in [7, 11) is -2.63. The van der Waals surface area contributed by atoms with Crippen LogP contribution in [0.4, 0.5) is 13.2 Å². The Labute approximate surface area is 110 Å². The summed E-state index contributed by atoms with van der Waals surface area (Å²) in [5.74, 6) is -0.932. The number of nitrogens with zero attached hydrogens (tertiary/aromatic N) is 1. The summed E-state index contributed by atoms with van der Waals surface area (Å²) >= 11 is 0. The van der Waals surface area contributed by atoms with E-state index >= 15 is 0 Å². The number of amides is 1. The highest BCUT2D eigenvalue weighted by atomic mass is 32.2. The molecule has 1 amide bonds. The molecule has 1 aliphatic carbocycles. The van der Waals surface area contributed by atoms with Gasteiger partial charge in [-0.25, -0.2) is 8.42 Å². The summed E-state index contributed by atoms with van der Waals surface area (Å²) in [6.45, 7) is -0.0393. The molecule has 112 valence electrons. The number of hydrogen-bond acceptors (Lipinski definition) is 4. The third-order valence-corrected chi connectivity index (χ3v) is 5.04. The molecule has 1 N–H and O–H groups in total. The fourth-order valence-corrected chi connectivity index (χ4v) is 3.18. The van der Waals surface area contributed by atoms with Gasteiger partial charge in [0.15, 0.2) is 0 Å². The van der Waals surface area contributed by atoms with Crippen molar-refractivity contribution in [2.45, 2.75) is 43.7 Å². The first-order valence-electron chi connectivity index (χ1n) is 5.85. The predicted octanol–water partition coefficient (Wildman–Crippen LogP) is 0.868. The number of rotatable bonds is 5. The van der Waals surface area contributed by atoms with Crippen LogP contribution in [-0.2, 0) is 14.8 Å². The molecule has 1 rings (SSSR count). The van der Waals surface area contributed by atoms with Crippen molar-refractivity contribution < 1.29 is 26.4 Å². The van der Waals surface area contributed by atoms with Crippen molar-refractivity contribution in [3.8, 4) is 0 Å². The molecule has 0 aromatic rings. The normalized spacial score (nSPS) is 19.1.